The van der Waals surface area contributed by atoms with Crippen LogP contribution in [0, 0.1) is 0 Å². The van der Waals surface area contributed by atoms with Crippen molar-refractivity contribution in [2.45, 2.75) is 0 Å². The summed E-state index contributed by atoms with van der Waals surface area (Å²) < 4.78 is 7.22. The van der Waals surface area contributed by atoms with Gasteiger partial charge in [0, 0.05) is 57.4 Å². The Morgan fingerprint density at radius 2 is 0.964 bits per heavy atom. The summed E-state index contributed by atoms with van der Waals surface area (Å²) in [4.78, 5) is 11.3. The molecule has 0 fully saturated rings. The van der Waals surface area contributed by atoms with Crippen LogP contribution in [0.25, 0.3) is 123 Å². The molecular formula is C50H27N3S2. The molecule has 0 N–H and O–H groups in total. The lowest BCUT2D eigenvalue weighted by atomic mass is 9.91. The van der Waals surface area contributed by atoms with Gasteiger partial charge in [0.1, 0.15) is 0 Å². The molecule has 0 aliphatic heterocycles. The Bertz CT molecular complexity index is 3760. The van der Waals surface area contributed by atoms with Gasteiger partial charge in [0.05, 0.1) is 26.9 Å². The predicted octanol–water partition coefficient (Wildman–Crippen LogP) is 14.6. The highest BCUT2D eigenvalue weighted by Crippen LogP contribution is 2.47. The van der Waals surface area contributed by atoms with E-state index in [-0.39, 0.29) is 0 Å². The third-order valence-corrected chi connectivity index (χ3v) is 14.0. The monoisotopic (exact) mass is 733 g/mol. The molecule has 13 rings (SSSR count). The second-order valence-corrected chi connectivity index (χ2v) is 16.5. The van der Waals surface area contributed by atoms with Crippen LogP contribution in [0.15, 0.2) is 164 Å². The van der Waals surface area contributed by atoms with E-state index in [4.69, 9.17) is 9.97 Å². The minimum Gasteiger partial charge on any atom is -0.277 e. The maximum Gasteiger partial charge on any atom is 0.235 e. The molecule has 254 valence electrons. The van der Waals surface area contributed by atoms with Gasteiger partial charge < -0.3 is 0 Å². The van der Waals surface area contributed by atoms with E-state index in [0.29, 0.717) is 5.95 Å². The summed E-state index contributed by atoms with van der Waals surface area (Å²) in [6.45, 7) is 0. The van der Waals surface area contributed by atoms with Crippen LogP contribution >= 0.6 is 22.7 Å². The van der Waals surface area contributed by atoms with E-state index in [1.807, 2.05) is 11.3 Å². The normalized spacial score (nSPS) is 12.4. The maximum atomic E-state index is 5.70. The number of rotatable bonds is 2. The molecule has 55 heavy (non-hydrogen) atoms. The Kier molecular flexibility index (Phi) is 5.93. The molecule has 0 saturated carbocycles. The van der Waals surface area contributed by atoms with Gasteiger partial charge in [-0.05, 0) is 50.5 Å². The number of hydrogen-bond acceptors (Lipinski definition) is 4. The minimum absolute atomic E-state index is 0.685. The molecule has 0 amide bonds. The van der Waals surface area contributed by atoms with Crippen molar-refractivity contribution >= 4 is 128 Å². The molecule has 0 aliphatic rings. The van der Waals surface area contributed by atoms with Crippen LogP contribution in [0.4, 0.5) is 0 Å². The van der Waals surface area contributed by atoms with E-state index in [9.17, 15) is 0 Å². The molecule has 13 aromatic rings. The first-order valence-electron chi connectivity index (χ1n) is 18.6. The fourth-order valence-electron chi connectivity index (χ4n) is 9.26. The quantitative estimate of drug-likeness (QED) is 0.166. The largest absolute Gasteiger partial charge is 0.277 e. The topological polar surface area (TPSA) is 30.7 Å². The van der Waals surface area contributed by atoms with Crippen molar-refractivity contribution in [3.05, 3.63) is 164 Å². The zero-order valence-corrected chi connectivity index (χ0v) is 30.9. The first-order chi connectivity index (χ1) is 27.3. The molecule has 0 aliphatic carbocycles. The summed E-state index contributed by atoms with van der Waals surface area (Å²) in [5, 5.41) is 16.1. The van der Waals surface area contributed by atoms with E-state index in [1.54, 1.807) is 11.3 Å². The van der Waals surface area contributed by atoms with Crippen molar-refractivity contribution in [3.63, 3.8) is 0 Å². The number of hydrogen-bond donors (Lipinski definition) is 0. The lowest BCUT2D eigenvalue weighted by Gasteiger charge is -2.13. The molecule has 4 aromatic heterocycles. The van der Waals surface area contributed by atoms with Crippen molar-refractivity contribution in [1.29, 1.82) is 0 Å². The standard InChI is InChI=1S/C50H27N3S2/c1-2-13-29-28(12-1)24-25-38-44-40(27-26-35-32-16-4-3-14-30(32)31-15-5-6-18-34(31)43(35)44)53(47(29)38)50-51-45-37-19-8-10-23-42(37)55-49(45)46(52-50)39-21-11-20-36-33-17-7-9-22-41(33)54-48(36)39/h1-27H. The van der Waals surface area contributed by atoms with Crippen molar-refractivity contribution in [1.82, 2.24) is 14.5 Å². The molecule has 0 saturated heterocycles. The Hall–Kier alpha value is -6.66. The summed E-state index contributed by atoms with van der Waals surface area (Å²) in [5.41, 5.74) is 5.34. The highest BCUT2D eigenvalue weighted by Gasteiger charge is 2.24. The second kappa shape index (κ2) is 11.0. The SMILES string of the molecule is c1ccc2c(c1)ccc1c3c4c5ccccc5c5ccccc5c4ccc3n(-c3nc(-c4cccc5c4sc4ccccc45)c4sc5ccccc5c4n3)c21. The molecule has 3 nitrogen and oxygen atoms in total. The van der Waals surface area contributed by atoms with Crippen LogP contribution < -0.4 is 0 Å². The van der Waals surface area contributed by atoms with Gasteiger partial charge >= 0.3 is 0 Å². The van der Waals surface area contributed by atoms with Crippen LogP contribution in [0.5, 0.6) is 0 Å². The Morgan fingerprint density at radius 3 is 1.76 bits per heavy atom. The summed E-state index contributed by atoms with van der Waals surface area (Å²) in [6, 6.07) is 59.7. The number of nitrogens with zero attached hydrogens (tertiary/aromatic N) is 3. The summed E-state index contributed by atoms with van der Waals surface area (Å²) in [5.74, 6) is 0.685. The molecule has 0 spiro atoms. The average Bonchev–Trinajstić information content (AvgIpc) is 3.93. The summed E-state index contributed by atoms with van der Waals surface area (Å²) in [7, 11) is 0. The Labute approximate surface area is 322 Å². The average molecular weight is 734 g/mol. The Balaban J connectivity index is 1.25. The fourth-order valence-corrected chi connectivity index (χ4v) is 11.6. The smallest absolute Gasteiger partial charge is 0.235 e. The van der Waals surface area contributed by atoms with Gasteiger partial charge in [0.2, 0.25) is 5.95 Å². The lowest BCUT2D eigenvalue weighted by Crippen LogP contribution is -2.03. The number of benzene rings is 9. The van der Waals surface area contributed by atoms with Gasteiger partial charge in [-0.1, -0.05) is 146 Å². The first kappa shape index (κ1) is 29.8. The van der Waals surface area contributed by atoms with E-state index in [0.717, 1.165) is 37.9 Å². The van der Waals surface area contributed by atoms with E-state index >= 15 is 0 Å². The minimum atomic E-state index is 0.685. The zero-order valence-electron chi connectivity index (χ0n) is 29.2. The van der Waals surface area contributed by atoms with E-state index < -0.39 is 0 Å². The van der Waals surface area contributed by atoms with Crippen molar-refractivity contribution < 1.29 is 0 Å². The van der Waals surface area contributed by atoms with Gasteiger partial charge in [-0.25, -0.2) is 9.97 Å². The van der Waals surface area contributed by atoms with Crippen molar-refractivity contribution in [2.75, 3.05) is 0 Å². The van der Waals surface area contributed by atoms with Crippen LogP contribution in [0.3, 0.4) is 0 Å². The molecule has 0 radical (unpaired) electrons. The first-order valence-corrected chi connectivity index (χ1v) is 20.2. The third-order valence-electron chi connectivity index (χ3n) is 11.6. The van der Waals surface area contributed by atoms with Gasteiger partial charge in [-0.3, -0.25) is 4.57 Å². The molecule has 0 bridgehead atoms. The molecule has 5 heteroatoms. The van der Waals surface area contributed by atoms with Crippen molar-refractivity contribution in [2.24, 2.45) is 0 Å². The number of aromatic nitrogens is 3. The Morgan fingerprint density at radius 1 is 0.382 bits per heavy atom. The molecule has 9 aromatic carbocycles. The van der Waals surface area contributed by atoms with Gasteiger partial charge in [0.25, 0.3) is 0 Å². The highest BCUT2D eigenvalue weighted by molar-refractivity contribution is 7.27. The predicted molar refractivity (Wildman–Crippen MR) is 238 cm³/mol. The number of thiophene rings is 2. The fraction of sp³-hybridized carbons (Fsp3) is 0. The van der Waals surface area contributed by atoms with Crippen LogP contribution in [0.1, 0.15) is 0 Å². The molecular weight excluding hydrogens is 707 g/mol. The van der Waals surface area contributed by atoms with Gasteiger partial charge in [-0.15, -0.1) is 22.7 Å². The van der Waals surface area contributed by atoms with Crippen LogP contribution in [-0.2, 0) is 0 Å². The van der Waals surface area contributed by atoms with E-state index in [1.165, 1.54) is 78.7 Å². The van der Waals surface area contributed by atoms with Crippen LogP contribution in [-0.4, -0.2) is 14.5 Å². The highest BCUT2D eigenvalue weighted by atomic mass is 32.1. The van der Waals surface area contributed by atoms with Crippen LogP contribution in [0.2, 0.25) is 0 Å². The molecule has 4 heterocycles. The lowest BCUT2D eigenvalue weighted by molar-refractivity contribution is 1.02. The zero-order chi connectivity index (χ0) is 35.8. The molecule has 0 atom stereocenters. The molecule has 0 unspecified atom stereocenters. The number of fused-ring (bicyclic) bond motifs is 18. The summed E-state index contributed by atoms with van der Waals surface area (Å²) >= 11 is 3.64. The second-order valence-electron chi connectivity index (χ2n) is 14.4. The van der Waals surface area contributed by atoms with Gasteiger partial charge in [0.15, 0.2) is 0 Å². The maximum absolute atomic E-state index is 5.70. The summed E-state index contributed by atoms with van der Waals surface area (Å²) in [6.07, 6.45) is 0. The van der Waals surface area contributed by atoms with E-state index in [2.05, 4.69) is 168 Å². The van der Waals surface area contributed by atoms with Gasteiger partial charge in [-0.2, -0.15) is 0 Å². The van der Waals surface area contributed by atoms with Crippen molar-refractivity contribution in [3.8, 4) is 17.2 Å². The third kappa shape index (κ3) is 3.98.